The Hall–Kier alpha value is -1.66. The molecular formula is C11H10F5NO. The van der Waals surface area contributed by atoms with Gasteiger partial charge in [-0.1, -0.05) is 12.1 Å². The summed E-state index contributed by atoms with van der Waals surface area (Å²) in [5.41, 5.74) is -1.81. The van der Waals surface area contributed by atoms with Crippen LogP contribution in [0.3, 0.4) is 0 Å². The molecule has 0 aliphatic heterocycles. The van der Waals surface area contributed by atoms with E-state index in [2.05, 4.69) is 0 Å². The third kappa shape index (κ3) is 2.77. The van der Waals surface area contributed by atoms with E-state index >= 15 is 0 Å². The van der Waals surface area contributed by atoms with E-state index in [1.54, 1.807) is 0 Å². The molecule has 1 aromatic carbocycles. The topological polar surface area (TPSA) is 20.3 Å². The fraction of sp³-hybridized carbons (Fsp3) is 0.364. The Morgan fingerprint density at radius 1 is 0.944 bits per heavy atom. The first-order valence-electron chi connectivity index (χ1n) is 4.84. The molecule has 0 N–H and O–H groups in total. The molecule has 1 aromatic rings. The summed E-state index contributed by atoms with van der Waals surface area (Å²) in [6, 6.07) is 2.24. The normalized spacial score (nSPS) is 12.4. The highest BCUT2D eigenvalue weighted by molar-refractivity contribution is 5.84. The molecule has 1 amide bonds. The van der Waals surface area contributed by atoms with Crippen LogP contribution in [0.2, 0.25) is 0 Å². The van der Waals surface area contributed by atoms with Crippen molar-refractivity contribution in [3.05, 3.63) is 35.4 Å². The number of rotatable bonds is 2. The molecule has 0 aromatic heterocycles. The first kappa shape index (κ1) is 14.4. The maximum atomic E-state index is 13.6. The standard InChI is InChI=1S/C11H10F5NO/c1-17(2)9(18)10(12,13)7-3-5-8(6-4-7)11(14,15)16/h3-6H,1-2H3. The second-order valence-electron chi connectivity index (χ2n) is 3.85. The molecule has 0 saturated heterocycles. The third-order valence-corrected chi connectivity index (χ3v) is 2.25. The highest BCUT2D eigenvalue weighted by atomic mass is 19.4. The van der Waals surface area contributed by atoms with E-state index in [1.165, 1.54) is 0 Å². The quantitative estimate of drug-likeness (QED) is 0.754. The van der Waals surface area contributed by atoms with E-state index in [9.17, 15) is 26.7 Å². The largest absolute Gasteiger partial charge is 0.416 e. The summed E-state index contributed by atoms with van der Waals surface area (Å²) in [5, 5.41) is 0. The fourth-order valence-corrected chi connectivity index (χ4v) is 1.27. The van der Waals surface area contributed by atoms with Crippen LogP contribution in [0.1, 0.15) is 11.1 Å². The molecule has 2 nitrogen and oxygen atoms in total. The van der Waals surface area contributed by atoms with Gasteiger partial charge in [0.05, 0.1) is 5.56 Å². The Labute approximate surface area is 100 Å². The van der Waals surface area contributed by atoms with Crippen LogP contribution >= 0.6 is 0 Å². The number of hydrogen-bond acceptors (Lipinski definition) is 1. The van der Waals surface area contributed by atoms with E-state index in [0.717, 1.165) is 14.1 Å². The molecule has 0 radical (unpaired) electrons. The molecule has 7 heteroatoms. The van der Waals surface area contributed by atoms with E-state index in [0.29, 0.717) is 29.2 Å². The number of amides is 1. The second kappa shape index (κ2) is 4.55. The number of carbonyl (C=O) groups is 1. The van der Waals surface area contributed by atoms with Crippen LogP contribution in [0.25, 0.3) is 0 Å². The van der Waals surface area contributed by atoms with Crippen LogP contribution < -0.4 is 0 Å². The predicted octanol–water partition coefficient (Wildman–Crippen LogP) is 2.89. The Bertz CT molecular complexity index is 436. The first-order valence-corrected chi connectivity index (χ1v) is 4.84. The molecule has 0 aliphatic rings. The van der Waals surface area contributed by atoms with Crippen molar-refractivity contribution in [2.45, 2.75) is 12.1 Å². The lowest BCUT2D eigenvalue weighted by Gasteiger charge is -2.20. The molecule has 18 heavy (non-hydrogen) atoms. The number of benzene rings is 1. The maximum Gasteiger partial charge on any atom is 0.416 e. The summed E-state index contributed by atoms with van der Waals surface area (Å²) < 4.78 is 63.8. The minimum absolute atomic E-state index is 0.520. The van der Waals surface area contributed by atoms with Gasteiger partial charge in [-0.2, -0.15) is 22.0 Å². The molecule has 0 aliphatic carbocycles. The van der Waals surface area contributed by atoms with Gasteiger partial charge in [0.1, 0.15) is 0 Å². The van der Waals surface area contributed by atoms with Crippen LogP contribution in [0, 0.1) is 0 Å². The Morgan fingerprint density at radius 3 is 1.67 bits per heavy atom. The summed E-state index contributed by atoms with van der Waals surface area (Å²) in [4.78, 5) is 11.9. The Morgan fingerprint density at radius 2 is 1.33 bits per heavy atom. The molecule has 100 valence electrons. The highest BCUT2D eigenvalue weighted by Crippen LogP contribution is 2.33. The van der Waals surface area contributed by atoms with Crippen molar-refractivity contribution in [1.82, 2.24) is 4.90 Å². The van der Waals surface area contributed by atoms with Gasteiger partial charge in [0, 0.05) is 19.7 Å². The van der Waals surface area contributed by atoms with Crippen LogP contribution in [-0.4, -0.2) is 24.9 Å². The summed E-state index contributed by atoms with van der Waals surface area (Å²) in [5.74, 6) is -5.32. The number of nitrogens with zero attached hydrogens (tertiary/aromatic N) is 1. The maximum absolute atomic E-state index is 13.6. The minimum atomic E-state index is -4.60. The Kier molecular flexibility index (Phi) is 3.64. The summed E-state index contributed by atoms with van der Waals surface area (Å²) in [6.07, 6.45) is -4.60. The molecular weight excluding hydrogens is 257 g/mol. The first-order chi connectivity index (χ1) is 8.06. The molecule has 0 fully saturated rings. The second-order valence-corrected chi connectivity index (χ2v) is 3.85. The van der Waals surface area contributed by atoms with Crippen molar-refractivity contribution in [3.63, 3.8) is 0 Å². The molecule has 0 unspecified atom stereocenters. The van der Waals surface area contributed by atoms with E-state index < -0.39 is 29.1 Å². The van der Waals surface area contributed by atoms with Crippen molar-refractivity contribution in [2.75, 3.05) is 14.1 Å². The van der Waals surface area contributed by atoms with Crippen molar-refractivity contribution in [2.24, 2.45) is 0 Å². The zero-order chi connectivity index (χ0) is 14.1. The van der Waals surface area contributed by atoms with Crippen molar-refractivity contribution < 1.29 is 26.7 Å². The van der Waals surface area contributed by atoms with E-state index in [-0.39, 0.29) is 0 Å². The summed E-state index contributed by atoms with van der Waals surface area (Å²) in [7, 11) is 2.28. The average molecular weight is 267 g/mol. The van der Waals surface area contributed by atoms with Gasteiger partial charge in [-0.3, -0.25) is 4.79 Å². The van der Waals surface area contributed by atoms with Crippen molar-refractivity contribution in [1.29, 1.82) is 0 Å². The lowest BCUT2D eigenvalue weighted by atomic mass is 10.0. The van der Waals surface area contributed by atoms with Crippen molar-refractivity contribution >= 4 is 5.91 Å². The lowest BCUT2D eigenvalue weighted by molar-refractivity contribution is -0.156. The van der Waals surface area contributed by atoms with Crippen LogP contribution in [-0.2, 0) is 16.9 Å². The van der Waals surface area contributed by atoms with Gasteiger partial charge in [-0.15, -0.1) is 0 Å². The molecule has 0 atom stereocenters. The van der Waals surface area contributed by atoms with Gasteiger partial charge in [0.15, 0.2) is 0 Å². The molecule has 0 saturated carbocycles. The van der Waals surface area contributed by atoms with Crippen LogP contribution in [0.5, 0.6) is 0 Å². The van der Waals surface area contributed by atoms with Gasteiger partial charge in [-0.05, 0) is 12.1 Å². The number of hydrogen-bond donors (Lipinski definition) is 0. The molecule has 0 bridgehead atoms. The number of halogens is 5. The highest BCUT2D eigenvalue weighted by Gasteiger charge is 2.42. The zero-order valence-corrected chi connectivity index (χ0v) is 9.55. The number of alkyl halides is 5. The Balaban J connectivity index is 3.09. The van der Waals surface area contributed by atoms with E-state index in [4.69, 9.17) is 0 Å². The van der Waals surface area contributed by atoms with Gasteiger partial charge in [0.25, 0.3) is 5.91 Å². The van der Waals surface area contributed by atoms with Crippen molar-refractivity contribution in [3.8, 4) is 0 Å². The monoisotopic (exact) mass is 267 g/mol. The predicted molar refractivity (Wildman–Crippen MR) is 54.0 cm³/mol. The molecule has 1 rings (SSSR count). The molecule has 0 heterocycles. The van der Waals surface area contributed by atoms with Gasteiger partial charge >= 0.3 is 12.1 Å². The minimum Gasteiger partial charge on any atom is -0.343 e. The third-order valence-electron chi connectivity index (χ3n) is 2.25. The fourth-order valence-electron chi connectivity index (χ4n) is 1.27. The van der Waals surface area contributed by atoms with E-state index in [1.807, 2.05) is 0 Å². The zero-order valence-electron chi connectivity index (χ0n) is 9.55. The van der Waals surface area contributed by atoms with Gasteiger partial charge < -0.3 is 4.90 Å². The SMILES string of the molecule is CN(C)C(=O)C(F)(F)c1ccc(C(F)(F)F)cc1. The van der Waals surface area contributed by atoms with Crippen LogP contribution in [0.15, 0.2) is 24.3 Å². The summed E-state index contributed by atoms with van der Waals surface area (Å²) in [6.45, 7) is 0. The molecule has 0 spiro atoms. The van der Waals surface area contributed by atoms with Gasteiger partial charge in [0.2, 0.25) is 0 Å². The number of likely N-dealkylation sites (N-methyl/N-ethyl adjacent to an activating group) is 1. The van der Waals surface area contributed by atoms with Crippen LogP contribution in [0.4, 0.5) is 22.0 Å². The van der Waals surface area contributed by atoms with Gasteiger partial charge in [-0.25, -0.2) is 0 Å². The summed E-state index contributed by atoms with van der Waals surface area (Å²) >= 11 is 0. The lowest BCUT2D eigenvalue weighted by Crippen LogP contribution is -2.37. The number of carbonyl (C=O) groups excluding carboxylic acids is 1. The smallest absolute Gasteiger partial charge is 0.343 e. The average Bonchev–Trinajstić information content (AvgIpc) is 2.26.